The van der Waals surface area contributed by atoms with Gasteiger partial charge in [0, 0.05) is 47.3 Å². The van der Waals surface area contributed by atoms with E-state index in [-0.39, 0.29) is 12.0 Å². The van der Waals surface area contributed by atoms with Crippen molar-refractivity contribution in [3.8, 4) is 17.1 Å². The highest BCUT2D eigenvalue weighted by atomic mass is 32.1. The number of ether oxygens (including phenoxy) is 2. The second-order valence-corrected chi connectivity index (χ2v) is 7.66. The summed E-state index contributed by atoms with van der Waals surface area (Å²) in [6.07, 6.45) is 3.35. The normalized spacial score (nSPS) is 14.6. The summed E-state index contributed by atoms with van der Waals surface area (Å²) in [5, 5.41) is 5.96. The number of carbonyl (C=O) groups is 1. The number of nitrogens with one attached hydrogen (secondary N) is 1. The summed E-state index contributed by atoms with van der Waals surface area (Å²) in [7, 11) is 0. The number of aromatic nitrogens is 2. The van der Waals surface area contributed by atoms with Crippen molar-refractivity contribution in [2.75, 3.05) is 18.5 Å². The largest absolute Gasteiger partial charge is 0.474 e. The van der Waals surface area contributed by atoms with Gasteiger partial charge in [0.05, 0.1) is 23.9 Å². The number of pyridine rings is 1. The SMILES string of the molecule is Cc1nc(-c2cccc(NC(=O)c3ccnc(OC4CCOCC4)c3)c2)cs1. The Labute approximate surface area is 167 Å². The van der Waals surface area contributed by atoms with Crippen LogP contribution >= 0.6 is 11.3 Å². The van der Waals surface area contributed by atoms with E-state index in [1.165, 1.54) is 0 Å². The van der Waals surface area contributed by atoms with Crippen molar-refractivity contribution < 1.29 is 14.3 Å². The van der Waals surface area contributed by atoms with E-state index in [0.717, 1.165) is 34.8 Å². The van der Waals surface area contributed by atoms with Crippen molar-refractivity contribution in [2.45, 2.75) is 25.9 Å². The van der Waals surface area contributed by atoms with Gasteiger partial charge in [0.25, 0.3) is 5.91 Å². The van der Waals surface area contributed by atoms with Crippen LogP contribution in [0.25, 0.3) is 11.3 Å². The lowest BCUT2D eigenvalue weighted by molar-refractivity contribution is 0.0237. The number of hydrogen-bond donors (Lipinski definition) is 1. The fourth-order valence-electron chi connectivity index (χ4n) is 3.04. The molecule has 144 valence electrons. The maximum Gasteiger partial charge on any atom is 0.255 e. The Hall–Kier alpha value is -2.77. The van der Waals surface area contributed by atoms with Crippen LogP contribution in [0, 0.1) is 6.92 Å². The van der Waals surface area contributed by atoms with E-state index in [4.69, 9.17) is 9.47 Å². The molecule has 0 unspecified atom stereocenters. The number of benzene rings is 1. The van der Waals surface area contributed by atoms with Gasteiger partial charge in [0.1, 0.15) is 6.10 Å². The van der Waals surface area contributed by atoms with E-state index in [0.29, 0.717) is 24.7 Å². The van der Waals surface area contributed by atoms with Crippen molar-refractivity contribution >= 4 is 22.9 Å². The van der Waals surface area contributed by atoms with Crippen LogP contribution in [0.15, 0.2) is 48.0 Å². The number of hydrogen-bond acceptors (Lipinski definition) is 6. The first-order valence-electron chi connectivity index (χ1n) is 9.22. The third kappa shape index (κ3) is 4.55. The van der Waals surface area contributed by atoms with Crippen molar-refractivity contribution in [3.05, 3.63) is 58.5 Å². The molecule has 1 saturated heterocycles. The minimum Gasteiger partial charge on any atom is -0.474 e. The minimum absolute atomic E-state index is 0.0813. The van der Waals surface area contributed by atoms with E-state index < -0.39 is 0 Å². The number of aryl methyl sites for hydroxylation is 1. The molecule has 28 heavy (non-hydrogen) atoms. The van der Waals surface area contributed by atoms with Crippen LogP contribution in [0.3, 0.4) is 0 Å². The highest BCUT2D eigenvalue weighted by Gasteiger charge is 2.17. The molecule has 0 aliphatic carbocycles. The van der Waals surface area contributed by atoms with E-state index in [9.17, 15) is 4.79 Å². The van der Waals surface area contributed by atoms with Gasteiger partial charge in [-0.25, -0.2) is 9.97 Å². The van der Waals surface area contributed by atoms with Gasteiger partial charge in [-0.3, -0.25) is 4.79 Å². The number of amides is 1. The van der Waals surface area contributed by atoms with Crippen LogP contribution < -0.4 is 10.1 Å². The van der Waals surface area contributed by atoms with Crippen LogP contribution in [0.1, 0.15) is 28.2 Å². The molecule has 0 saturated carbocycles. The summed E-state index contributed by atoms with van der Waals surface area (Å²) in [5.74, 6) is 0.261. The molecule has 0 radical (unpaired) electrons. The predicted octanol–water partition coefficient (Wildman–Crippen LogP) is 4.32. The zero-order valence-electron chi connectivity index (χ0n) is 15.6. The van der Waals surface area contributed by atoms with E-state index >= 15 is 0 Å². The van der Waals surface area contributed by atoms with E-state index in [1.807, 2.05) is 36.6 Å². The van der Waals surface area contributed by atoms with Crippen molar-refractivity contribution in [1.29, 1.82) is 0 Å². The van der Waals surface area contributed by atoms with Crippen LogP contribution in [0.2, 0.25) is 0 Å². The van der Waals surface area contributed by atoms with Crippen molar-refractivity contribution in [1.82, 2.24) is 9.97 Å². The quantitative estimate of drug-likeness (QED) is 0.696. The Morgan fingerprint density at radius 1 is 1.25 bits per heavy atom. The summed E-state index contributed by atoms with van der Waals surface area (Å²) in [4.78, 5) is 21.4. The number of anilines is 1. The van der Waals surface area contributed by atoms with Gasteiger partial charge in [0.15, 0.2) is 0 Å². The Bertz CT molecular complexity index is 967. The Morgan fingerprint density at radius 3 is 2.89 bits per heavy atom. The van der Waals surface area contributed by atoms with Gasteiger partial charge < -0.3 is 14.8 Å². The third-order valence-electron chi connectivity index (χ3n) is 4.49. The van der Waals surface area contributed by atoms with Crippen LogP contribution in [0.5, 0.6) is 5.88 Å². The fourth-order valence-corrected chi connectivity index (χ4v) is 3.66. The highest BCUT2D eigenvalue weighted by molar-refractivity contribution is 7.09. The second-order valence-electron chi connectivity index (χ2n) is 6.60. The van der Waals surface area contributed by atoms with Crippen LogP contribution in [-0.2, 0) is 4.74 Å². The first-order valence-corrected chi connectivity index (χ1v) is 10.1. The first kappa shape index (κ1) is 18.6. The molecule has 0 atom stereocenters. The van der Waals surface area contributed by atoms with Crippen molar-refractivity contribution in [2.24, 2.45) is 0 Å². The van der Waals surface area contributed by atoms with E-state index in [1.54, 1.807) is 29.7 Å². The molecule has 6 nitrogen and oxygen atoms in total. The summed E-state index contributed by atoms with van der Waals surface area (Å²) >= 11 is 1.60. The van der Waals surface area contributed by atoms with Crippen LogP contribution in [-0.4, -0.2) is 35.2 Å². The molecule has 7 heteroatoms. The molecule has 4 rings (SSSR count). The molecule has 3 heterocycles. The molecule has 1 aliphatic heterocycles. The first-order chi connectivity index (χ1) is 13.7. The molecule has 1 amide bonds. The number of thiazole rings is 1. The summed E-state index contributed by atoms with van der Waals surface area (Å²) in [5.41, 5.74) is 3.11. The standard InChI is InChI=1S/C21H21N3O3S/c1-14-23-19(13-28-14)15-3-2-4-17(11-15)24-21(25)16-5-8-22-20(12-16)27-18-6-9-26-10-7-18/h2-5,8,11-13,18H,6-7,9-10H2,1H3,(H,24,25). The molecule has 2 aromatic heterocycles. The Morgan fingerprint density at radius 2 is 2.11 bits per heavy atom. The topological polar surface area (TPSA) is 73.3 Å². The highest BCUT2D eigenvalue weighted by Crippen LogP contribution is 2.24. The minimum atomic E-state index is -0.203. The monoisotopic (exact) mass is 395 g/mol. The lowest BCUT2D eigenvalue weighted by atomic mass is 10.1. The molecular formula is C21H21N3O3S. The third-order valence-corrected chi connectivity index (χ3v) is 5.26. The number of nitrogens with zero attached hydrogens (tertiary/aromatic N) is 2. The Balaban J connectivity index is 1.45. The molecule has 0 spiro atoms. The smallest absolute Gasteiger partial charge is 0.255 e. The molecule has 1 aliphatic rings. The maximum atomic E-state index is 12.7. The van der Waals surface area contributed by atoms with Gasteiger partial charge in [-0.1, -0.05) is 12.1 Å². The van der Waals surface area contributed by atoms with Gasteiger partial charge in [-0.2, -0.15) is 0 Å². The average Bonchev–Trinajstić information content (AvgIpc) is 3.16. The lowest BCUT2D eigenvalue weighted by Crippen LogP contribution is -2.26. The summed E-state index contributed by atoms with van der Waals surface area (Å²) in [6, 6.07) is 11.0. The van der Waals surface area contributed by atoms with Gasteiger partial charge in [-0.15, -0.1) is 11.3 Å². The lowest BCUT2D eigenvalue weighted by Gasteiger charge is -2.22. The molecule has 3 aromatic rings. The zero-order valence-corrected chi connectivity index (χ0v) is 16.4. The predicted molar refractivity (Wildman–Crippen MR) is 109 cm³/mol. The zero-order chi connectivity index (χ0) is 19.3. The fraction of sp³-hybridized carbons (Fsp3) is 0.286. The maximum absolute atomic E-state index is 12.7. The average molecular weight is 395 g/mol. The second kappa shape index (κ2) is 8.50. The van der Waals surface area contributed by atoms with Gasteiger partial charge in [-0.05, 0) is 25.1 Å². The van der Waals surface area contributed by atoms with Crippen molar-refractivity contribution in [3.63, 3.8) is 0 Å². The summed E-state index contributed by atoms with van der Waals surface area (Å²) in [6.45, 7) is 3.36. The molecular weight excluding hydrogens is 374 g/mol. The Kier molecular flexibility index (Phi) is 5.64. The van der Waals surface area contributed by atoms with E-state index in [2.05, 4.69) is 15.3 Å². The van der Waals surface area contributed by atoms with Gasteiger partial charge >= 0.3 is 0 Å². The number of carbonyl (C=O) groups excluding carboxylic acids is 1. The molecule has 0 bridgehead atoms. The molecule has 1 N–H and O–H groups in total. The van der Waals surface area contributed by atoms with Gasteiger partial charge in [0.2, 0.25) is 5.88 Å². The summed E-state index contributed by atoms with van der Waals surface area (Å²) < 4.78 is 11.2. The molecule has 1 fully saturated rings. The number of rotatable bonds is 5. The van der Waals surface area contributed by atoms with Crippen LogP contribution in [0.4, 0.5) is 5.69 Å². The molecule has 1 aromatic carbocycles.